The molecule has 2 saturated heterocycles. The van der Waals surface area contributed by atoms with Gasteiger partial charge in [0.2, 0.25) is 0 Å². The van der Waals surface area contributed by atoms with Crippen LogP contribution >= 0.6 is 11.3 Å². The Hall–Kier alpha value is -1.81. The zero-order valence-electron chi connectivity index (χ0n) is 16.2. The lowest BCUT2D eigenvalue weighted by atomic mass is 9.91. The zero-order valence-corrected chi connectivity index (χ0v) is 17.0. The second-order valence-corrected chi connectivity index (χ2v) is 9.09. The van der Waals surface area contributed by atoms with Gasteiger partial charge in [-0.3, -0.25) is 9.69 Å². The second kappa shape index (κ2) is 8.28. The molecule has 0 atom stereocenters. The molecule has 2 aliphatic heterocycles. The number of ether oxygens (including phenoxy) is 1. The maximum atomic E-state index is 12.5. The van der Waals surface area contributed by atoms with Crippen LogP contribution in [0.25, 0.3) is 0 Å². The van der Waals surface area contributed by atoms with Crippen molar-refractivity contribution >= 4 is 17.2 Å². The molecule has 0 aliphatic carbocycles. The number of hydrogen-bond donors (Lipinski definition) is 1. The predicted octanol–water partition coefficient (Wildman–Crippen LogP) is 1.15. The van der Waals surface area contributed by atoms with Crippen LogP contribution in [0.5, 0.6) is 0 Å². The van der Waals surface area contributed by atoms with Crippen molar-refractivity contribution in [2.75, 3.05) is 39.4 Å². The van der Waals surface area contributed by atoms with Crippen LogP contribution in [0.2, 0.25) is 0 Å². The molecule has 9 heteroatoms. The Morgan fingerprint density at radius 3 is 2.68 bits per heavy atom. The van der Waals surface area contributed by atoms with Crippen LogP contribution in [0, 0.1) is 6.92 Å². The van der Waals surface area contributed by atoms with Crippen LogP contribution in [0.15, 0.2) is 18.3 Å². The van der Waals surface area contributed by atoms with Crippen molar-refractivity contribution in [2.24, 2.45) is 0 Å². The van der Waals surface area contributed by atoms with Crippen LogP contribution in [-0.4, -0.2) is 80.8 Å². The van der Waals surface area contributed by atoms with E-state index < -0.39 is 5.60 Å². The fraction of sp³-hybridized carbons (Fsp3) is 0.632. The standard InChI is InChI=1S/C19H27N5O3S/c1-15-2-3-16(28-15)12-22-6-4-19(26,5-7-22)14-24-13-17(20-21-24)18(25)23-8-10-27-11-9-23/h2-3,13,26H,4-12,14H2,1H3. The Morgan fingerprint density at radius 1 is 1.25 bits per heavy atom. The van der Waals surface area contributed by atoms with E-state index >= 15 is 0 Å². The molecule has 1 amide bonds. The highest BCUT2D eigenvalue weighted by Gasteiger charge is 2.33. The van der Waals surface area contributed by atoms with Crippen LogP contribution in [0.4, 0.5) is 0 Å². The molecule has 2 fully saturated rings. The number of piperidine rings is 1. The first-order chi connectivity index (χ1) is 13.5. The van der Waals surface area contributed by atoms with Gasteiger partial charge in [0.05, 0.1) is 31.6 Å². The summed E-state index contributed by atoms with van der Waals surface area (Å²) in [7, 11) is 0. The summed E-state index contributed by atoms with van der Waals surface area (Å²) in [4.78, 5) is 19.3. The zero-order chi connectivity index (χ0) is 19.6. The van der Waals surface area contributed by atoms with E-state index in [0.29, 0.717) is 51.4 Å². The minimum absolute atomic E-state index is 0.123. The van der Waals surface area contributed by atoms with Gasteiger partial charge in [-0.25, -0.2) is 4.68 Å². The molecule has 2 aromatic rings. The topological polar surface area (TPSA) is 83.7 Å². The van der Waals surface area contributed by atoms with E-state index in [0.717, 1.165) is 19.6 Å². The van der Waals surface area contributed by atoms with E-state index in [9.17, 15) is 9.90 Å². The molecular formula is C19H27N5O3S. The van der Waals surface area contributed by atoms with Gasteiger partial charge < -0.3 is 14.7 Å². The molecule has 0 bridgehead atoms. The van der Waals surface area contributed by atoms with Crippen molar-refractivity contribution in [3.05, 3.63) is 33.8 Å². The highest BCUT2D eigenvalue weighted by molar-refractivity contribution is 7.11. The number of hydrogen-bond acceptors (Lipinski definition) is 7. The average molecular weight is 406 g/mol. The molecule has 0 spiro atoms. The number of thiophene rings is 1. The molecule has 0 saturated carbocycles. The molecule has 1 N–H and O–H groups in total. The summed E-state index contributed by atoms with van der Waals surface area (Å²) < 4.78 is 6.88. The van der Waals surface area contributed by atoms with Gasteiger partial charge in [-0.05, 0) is 31.9 Å². The van der Waals surface area contributed by atoms with Crippen LogP contribution < -0.4 is 0 Å². The minimum Gasteiger partial charge on any atom is -0.388 e. The van der Waals surface area contributed by atoms with Gasteiger partial charge in [0.1, 0.15) is 0 Å². The fourth-order valence-electron chi connectivity index (χ4n) is 3.78. The second-order valence-electron chi connectivity index (χ2n) is 7.72. The molecule has 4 rings (SSSR count). The molecule has 0 aromatic carbocycles. The summed E-state index contributed by atoms with van der Waals surface area (Å²) in [5.74, 6) is -0.123. The van der Waals surface area contributed by atoms with Gasteiger partial charge in [-0.1, -0.05) is 5.21 Å². The summed E-state index contributed by atoms with van der Waals surface area (Å²) in [6, 6.07) is 4.34. The lowest BCUT2D eigenvalue weighted by Crippen LogP contribution is -2.46. The Balaban J connectivity index is 1.30. The van der Waals surface area contributed by atoms with Gasteiger partial charge in [-0.2, -0.15) is 0 Å². The van der Waals surface area contributed by atoms with Crippen molar-refractivity contribution in [1.82, 2.24) is 24.8 Å². The number of morpholine rings is 1. The number of carbonyl (C=O) groups is 1. The normalized spacial score (nSPS) is 20.4. The lowest BCUT2D eigenvalue weighted by Gasteiger charge is -2.37. The van der Waals surface area contributed by atoms with E-state index in [1.165, 1.54) is 9.75 Å². The van der Waals surface area contributed by atoms with Crippen LogP contribution in [0.1, 0.15) is 33.1 Å². The number of carbonyl (C=O) groups excluding carboxylic acids is 1. The fourth-order valence-corrected chi connectivity index (χ4v) is 4.71. The number of nitrogens with zero attached hydrogens (tertiary/aromatic N) is 5. The molecule has 8 nitrogen and oxygen atoms in total. The Labute approximate surface area is 168 Å². The summed E-state index contributed by atoms with van der Waals surface area (Å²) >= 11 is 1.83. The lowest BCUT2D eigenvalue weighted by molar-refractivity contribution is -0.0382. The van der Waals surface area contributed by atoms with Crippen molar-refractivity contribution in [2.45, 2.75) is 38.5 Å². The average Bonchev–Trinajstić information content (AvgIpc) is 3.33. The van der Waals surface area contributed by atoms with Crippen LogP contribution in [-0.2, 0) is 17.8 Å². The molecule has 2 aromatic heterocycles. The maximum absolute atomic E-state index is 12.5. The third-order valence-corrected chi connectivity index (χ3v) is 6.46. The monoisotopic (exact) mass is 405 g/mol. The summed E-state index contributed by atoms with van der Waals surface area (Å²) in [6.45, 7) is 7.40. The predicted molar refractivity (Wildman–Crippen MR) is 105 cm³/mol. The Kier molecular flexibility index (Phi) is 5.77. The van der Waals surface area contributed by atoms with Gasteiger partial charge >= 0.3 is 0 Å². The number of aryl methyl sites for hydroxylation is 1. The maximum Gasteiger partial charge on any atom is 0.276 e. The van der Waals surface area contributed by atoms with Crippen molar-refractivity contribution in [3.8, 4) is 0 Å². The molecule has 0 unspecified atom stereocenters. The van der Waals surface area contributed by atoms with Crippen molar-refractivity contribution in [1.29, 1.82) is 0 Å². The number of aliphatic hydroxyl groups is 1. The first kappa shape index (κ1) is 19.5. The van der Waals surface area contributed by atoms with Gasteiger partial charge in [-0.15, -0.1) is 16.4 Å². The Morgan fingerprint density at radius 2 is 2.00 bits per heavy atom. The highest BCUT2D eigenvalue weighted by atomic mass is 32.1. The number of likely N-dealkylation sites (tertiary alicyclic amines) is 1. The third-order valence-electron chi connectivity index (χ3n) is 5.47. The van der Waals surface area contributed by atoms with E-state index in [4.69, 9.17) is 4.74 Å². The summed E-state index contributed by atoms with van der Waals surface area (Å²) in [5, 5.41) is 19.1. The van der Waals surface area contributed by atoms with Gasteiger partial charge in [0.25, 0.3) is 5.91 Å². The molecule has 4 heterocycles. The number of amides is 1. The van der Waals surface area contributed by atoms with Crippen molar-refractivity contribution < 1.29 is 14.6 Å². The SMILES string of the molecule is Cc1ccc(CN2CCC(O)(Cn3cc(C(=O)N4CCOCC4)nn3)CC2)s1. The van der Waals surface area contributed by atoms with Crippen molar-refractivity contribution in [3.63, 3.8) is 0 Å². The Bertz CT molecular complexity index is 806. The van der Waals surface area contributed by atoms with Gasteiger partial charge in [0, 0.05) is 42.5 Å². The molecule has 28 heavy (non-hydrogen) atoms. The first-order valence-corrected chi connectivity index (χ1v) is 10.6. The molecule has 152 valence electrons. The molecule has 0 radical (unpaired) electrons. The number of aromatic nitrogens is 3. The minimum atomic E-state index is -0.811. The summed E-state index contributed by atoms with van der Waals surface area (Å²) in [5.41, 5.74) is -0.481. The molecular weight excluding hydrogens is 378 g/mol. The number of rotatable bonds is 5. The van der Waals surface area contributed by atoms with E-state index in [1.54, 1.807) is 15.8 Å². The quantitative estimate of drug-likeness (QED) is 0.803. The largest absolute Gasteiger partial charge is 0.388 e. The van der Waals surface area contributed by atoms with E-state index in [2.05, 4.69) is 34.3 Å². The molecule has 2 aliphatic rings. The van der Waals surface area contributed by atoms with Crippen LogP contribution in [0.3, 0.4) is 0 Å². The first-order valence-electron chi connectivity index (χ1n) is 9.78. The highest BCUT2D eigenvalue weighted by Crippen LogP contribution is 2.26. The van der Waals surface area contributed by atoms with Gasteiger partial charge in [0.15, 0.2) is 5.69 Å². The summed E-state index contributed by atoms with van der Waals surface area (Å²) in [6.07, 6.45) is 3.02. The smallest absolute Gasteiger partial charge is 0.276 e. The third kappa shape index (κ3) is 4.60. The van der Waals surface area contributed by atoms with E-state index in [1.807, 2.05) is 11.3 Å². The van der Waals surface area contributed by atoms with E-state index in [-0.39, 0.29) is 5.91 Å².